The molecule has 1 aliphatic rings. The zero-order valence-electron chi connectivity index (χ0n) is 22.7. The maximum absolute atomic E-state index is 13.2. The molecular weight excluding hydrogens is 492 g/mol. The predicted octanol–water partition coefficient (Wildman–Crippen LogP) is 4.94. The molecule has 0 saturated heterocycles. The number of carbonyl (C=O) groups is 1. The molecule has 3 aromatic carbocycles. The number of nitrogens with one attached hydrogen (secondary N) is 3. The number of nitrogens with zero attached hydrogens (tertiary/aromatic N) is 1. The second-order valence-corrected chi connectivity index (χ2v) is 9.83. The van der Waals surface area contributed by atoms with Crippen molar-refractivity contribution in [3.63, 3.8) is 0 Å². The molecule has 1 aliphatic carbocycles. The average molecular weight is 527 g/mol. The molecule has 8 heteroatoms. The molecule has 0 spiro atoms. The molecule has 202 valence electrons. The van der Waals surface area contributed by atoms with Crippen LogP contribution in [0, 0.1) is 6.92 Å². The Morgan fingerprint density at radius 1 is 1.08 bits per heavy atom. The highest BCUT2D eigenvalue weighted by atomic mass is 16.5. The smallest absolute Gasteiger partial charge is 0.255 e. The van der Waals surface area contributed by atoms with Gasteiger partial charge in [-0.25, -0.2) is 0 Å². The number of methoxy groups -OCH3 is 2. The van der Waals surface area contributed by atoms with Crippen LogP contribution in [0.3, 0.4) is 0 Å². The molecule has 1 heterocycles. The van der Waals surface area contributed by atoms with Crippen LogP contribution in [0.5, 0.6) is 11.5 Å². The number of anilines is 1. The number of aromatic nitrogens is 1. The normalized spacial score (nSPS) is 13.7. The van der Waals surface area contributed by atoms with Crippen LogP contribution in [0.1, 0.15) is 46.1 Å². The van der Waals surface area contributed by atoms with Gasteiger partial charge < -0.3 is 25.2 Å². The molecule has 8 nitrogen and oxygen atoms in total. The van der Waals surface area contributed by atoms with Crippen LogP contribution in [0.25, 0.3) is 22.0 Å². The number of amides is 1. The van der Waals surface area contributed by atoms with Crippen LogP contribution in [0.4, 0.5) is 5.69 Å². The molecule has 0 bridgehead atoms. The van der Waals surface area contributed by atoms with E-state index in [1.807, 2.05) is 61.5 Å². The van der Waals surface area contributed by atoms with E-state index in [4.69, 9.17) is 9.47 Å². The topological polar surface area (TPSA) is 105 Å². The first-order valence-electron chi connectivity index (χ1n) is 13.1. The van der Waals surface area contributed by atoms with Gasteiger partial charge >= 0.3 is 0 Å². The molecule has 1 amide bonds. The Hall–Kier alpha value is -4.14. The van der Waals surface area contributed by atoms with Gasteiger partial charge in [0, 0.05) is 35.8 Å². The first-order valence-corrected chi connectivity index (χ1v) is 13.1. The molecule has 4 aromatic rings. The second kappa shape index (κ2) is 11.3. The predicted molar refractivity (Wildman–Crippen MR) is 153 cm³/mol. The third-order valence-electron chi connectivity index (χ3n) is 7.12. The molecule has 1 fully saturated rings. The lowest BCUT2D eigenvalue weighted by Gasteiger charge is -2.18. The van der Waals surface area contributed by atoms with Gasteiger partial charge in [0.15, 0.2) is 0 Å². The fourth-order valence-corrected chi connectivity index (χ4v) is 4.71. The number of ether oxygens (including phenoxy) is 2. The largest absolute Gasteiger partial charge is 0.497 e. The van der Waals surface area contributed by atoms with Gasteiger partial charge in [-0.2, -0.15) is 0 Å². The molecule has 0 aliphatic heterocycles. The summed E-state index contributed by atoms with van der Waals surface area (Å²) in [5.74, 6) is 1.33. The molecule has 1 atom stereocenters. The number of hydrogen-bond acceptors (Lipinski definition) is 7. The molecular formula is C31H34N4O4. The lowest BCUT2D eigenvalue weighted by Crippen LogP contribution is -2.26. The maximum atomic E-state index is 13.2. The highest BCUT2D eigenvalue weighted by Gasteiger charge is 2.26. The number of carbonyl (C=O) groups excluding carboxylic acids is 1. The molecule has 1 aromatic heterocycles. The van der Waals surface area contributed by atoms with E-state index in [-0.39, 0.29) is 11.9 Å². The lowest BCUT2D eigenvalue weighted by molar-refractivity contribution is 0.0951. The summed E-state index contributed by atoms with van der Waals surface area (Å²) in [5.41, 5.74) is 6.56. The van der Waals surface area contributed by atoms with E-state index < -0.39 is 6.23 Å². The molecule has 1 unspecified atom stereocenters. The molecule has 0 radical (unpaired) electrons. The highest BCUT2D eigenvalue weighted by Crippen LogP contribution is 2.38. The number of benzene rings is 3. The van der Waals surface area contributed by atoms with E-state index in [0.717, 1.165) is 63.0 Å². The minimum absolute atomic E-state index is 0.136. The summed E-state index contributed by atoms with van der Waals surface area (Å²) in [6.45, 7) is 2.49. The van der Waals surface area contributed by atoms with Crippen molar-refractivity contribution in [2.24, 2.45) is 0 Å². The first kappa shape index (κ1) is 26.5. The van der Waals surface area contributed by atoms with E-state index >= 15 is 0 Å². The van der Waals surface area contributed by atoms with Crippen LogP contribution in [-0.2, 0) is 6.54 Å². The van der Waals surface area contributed by atoms with E-state index in [2.05, 4.69) is 20.9 Å². The first-order chi connectivity index (χ1) is 18.9. The van der Waals surface area contributed by atoms with Crippen molar-refractivity contribution in [1.82, 2.24) is 15.6 Å². The number of fused-ring (bicyclic) bond motifs is 1. The van der Waals surface area contributed by atoms with Gasteiger partial charge in [-0.05, 0) is 67.3 Å². The third kappa shape index (κ3) is 5.67. The van der Waals surface area contributed by atoms with Gasteiger partial charge in [0.2, 0.25) is 0 Å². The van der Waals surface area contributed by atoms with Gasteiger partial charge in [-0.15, -0.1) is 0 Å². The van der Waals surface area contributed by atoms with Gasteiger partial charge in [0.05, 0.1) is 31.0 Å². The molecule has 4 N–H and O–H groups in total. The fraction of sp³-hybridized carbons (Fsp3) is 0.290. The van der Waals surface area contributed by atoms with Gasteiger partial charge in [0.25, 0.3) is 5.91 Å². The number of aryl methyl sites for hydroxylation is 1. The molecule has 5 rings (SSSR count). The number of hydrogen-bond donors (Lipinski definition) is 4. The minimum Gasteiger partial charge on any atom is -0.497 e. The number of rotatable bonds is 10. The van der Waals surface area contributed by atoms with Crippen LogP contribution in [-0.4, -0.2) is 43.3 Å². The highest BCUT2D eigenvalue weighted by molar-refractivity contribution is 6.08. The Balaban J connectivity index is 1.60. The van der Waals surface area contributed by atoms with Crippen LogP contribution in [0.15, 0.2) is 60.8 Å². The number of aliphatic hydroxyl groups is 1. The average Bonchev–Trinajstić information content (AvgIpc) is 3.78. The van der Waals surface area contributed by atoms with Crippen molar-refractivity contribution in [3.8, 4) is 22.6 Å². The van der Waals surface area contributed by atoms with Crippen molar-refractivity contribution in [2.45, 2.75) is 38.6 Å². The third-order valence-corrected chi connectivity index (χ3v) is 7.12. The Labute approximate surface area is 228 Å². The van der Waals surface area contributed by atoms with Crippen molar-refractivity contribution in [1.29, 1.82) is 0 Å². The number of aliphatic hydroxyl groups excluding tert-OH is 1. The van der Waals surface area contributed by atoms with Gasteiger partial charge in [0.1, 0.15) is 17.7 Å². The SMILES string of the molecule is CNC(O)c1ccc(-c2cc3c(NCc4ccc(OC)cc4)c(C(=O)NC4CC4)cnc3cc2OC)cc1C. The standard InChI is InChI=1S/C31H34N4O4/c1-18-13-20(7-12-23(18)30(36)32-2)24-14-25-27(15-28(24)39-4)33-17-26(31(37)35-21-8-9-21)29(25)34-16-19-5-10-22(38-3)11-6-19/h5-7,10-15,17,21,30,32,36H,8-9,16H2,1-4H3,(H,33,34)(H,35,37). The van der Waals surface area contributed by atoms with Crippen molar-refractivity contribution >= 4 is 22.5 Å². The fourth-order valence-electron chi connectivity index (χ4n) is 4.71. The second-order valence-electron chi connectivity index (χ2n) is 9.83. The van der Waals surface area contributed by atoms with Gasteiger partial charge in [-0.3, -0.25) is 15.1 Å². The summed E-state index contributed by atoms with van der Waals surface area (Å²) in [5, 5.41) is 20.6. The molecule has 1 saturated carbocycles. The summed E-state index contributed by atoms with van der Waals surface area (Å²) >= 11 is 0. The van der Waals surface area contributed by atoms with E-state index in [0.29, 0.717) is 17.9 Å². The van der Waals surface area contributed by atoms with Gasteiger partial charge in [-0.1, -0.05) is 30.3 Å². The summed E-state index contributed by atoms with van der Waals surface area (Å²) in [7, 11) is 5.00. The summed E-state index contributed by atoms with van der Waals surface area (Å²) < 4.78 is 11.0. The van der Waals surface area contributed by atoms with Crippen molar-refractivity contribution < 1.29 is 19.4 Å². The quantitative estimate of drug-likeness (QED) is 0.217. The Kier molecular flexibility index (Phi) is 7.67. The van der Waals surface area contributed by atoms with Crippen LogP contribution < -0.4 is 25.4 Å². The zero-order chi connectivity index (χ0) is 27.5. The van der Waals surface area contributed by atoms with Crippen LogP contribution >= 0.6 is 0 Å². The summed E-state index contributed by atoms with van der Waals surface area (Å²) in [6, 6.07) is 17.9. The Morgan fingerprint density at radius 2 is 1.85 bits per heavy atom. The maximum Gasteiger partial charge on any atom is 0.255 e. The summed E-state index contributed by atoms with van der Waals surface area (Å²) in [6.07, 6.45) is 2.89. The summed E-state index contributed by atoms with van der Waals surface area (Å²) in [4.78, 5) is 17.9. The van der Waals surface area contributed by atoms with E-state index in [9.17, 15) is 9.90 Å². The minimum atomic E-state index is -0.747. The number of pyridine rings is 1. The Bertz CT molecular complexity index is 1500. The molecule has 39 heavy (non-hydrogen) atoms. The van der Waals surface area contributed by atoms with Crippen molar-refractivity contribution in [2.75, 3.05) is 26.6 Å². The lowest BCUT2D eigenvalue weighted by atomic mass is 9.96. The zero-order valence-corrected chi connectivity index (χ0v) is 22.7. The van der Waals surface area contributed by atoms with E-state index in [1.165, 1.54) is 0 Å². The van der Waals surface area contributed by atoms with E-state index in [1.54, 1.807) is 27.5 Å². The Morgan fingerprint density at radius 3 is 2.49 bits per heavy atom. The van der Waals surface area contributed by atoms with Crippen molar-refractivity contribution in [3.05, 3.63) is 83.0 Å². The van der Waals surface area contributed by atoms with Crippen LogP contribution in [0.2, 0.25) is 0 Å². The monoisotopic (exact) mass is 526 g/mol.